The maximum absolute atomic E-state index is 13.7. The average molecular weight is 450 g/mol. The zero-order valence-electron chi connectivity index (χ0n) is 18.6. The van der Waals surface area contributed by atoms with Gasteiger partial charge in [-0.3, -0.25) is 9.69 Å². The van der Waals surface area contributed by atoms with Crippen LogP contribution in [0.2, 0.25) is 5.02 Å². The molecule has 4 aliphatic rings. The Balaban J connectivity index is 1.24. The van der Waals surface area contributed by atoms with Crippen LogP contribution in [0.5, 0.6) is 0 Å². The van der Waals surface area contributed by atoms with Crippen molar-refractivity contribution in [1.29, 1.82) is 0 Å². The first-order valence-electron chi connectivity index (χ1n) is 12.3. The number of rotatable bonds is 3. The van der Waals surface area contributed by atoms with Crippen molar-refractivity contribution in [2.24, 2.45) is 11.8 Å². The zero-order chi connectivity index (χ0) is 21.7. The van der Waals surface area contributed by atoms with Gasteiger partial charge in [0.1, 0.15) is 0 Å². The van der Waals surface area contributed by atoms with Gasteiger partial charge >= 0.3 is 0 Å². The molecule has 32 heavy (non-hydrogen) atoms. The molecule has 4 fully saturated rings. The van der Waals surface area contributed by atoms with Crippen LogP contribution in [0.25, 0.3) is 6.08 Å². The van der Waals surface area contributed by atoms with E-state index in [1.54, 1.807) is 0 Å². The summed E-state index contributed by atoms with van der Waals surface area (Å²) in [6, 6.07) is 13.4. The average Bonchev–Trinajstić information content (AvgIpc) is 3.23. The standard InChI is InChI=1S/C27H32ClN3O/c28-22-7-1-5-19(15-22)17-30-14-3-8-23(30)16-20-10-11-25-24-9-4-13-29-12-2-6-21(26(24)29)18-31(25)27(20)32/h1,3,5,7-8,14-16,21,24-26H,2,4,6,9-13,17-18H2/b20-16+/t21-,24-,25-,26+/m1/s1. The fourth-order valence-electron chi connectivity index (χ4n) is 7.04. The van der Waals surface area contributed by atoms with Gasteiger partial charge in [-0.05, 0) is 99.4 Å². The Morgan fingerprint density at radius 2 is 1.94 bits per heavy atom. The number of carbonyl (C=O) groups is 1. The quantitative estimate of drug-likeness (QED) is 0.612. The highest BCUT2D eigenvalue weighted by molar-refractivity contribution is 6.30. The summed E-state index contributed by atoms with van der Waals surface area (Å²) in [6.07, 6.45) is 11.4. The van der Waals surface area contributed by atoms with Crippen LogP contribution in [0.15, 0.2) is 48.2 Å². The van der Waals surface area contributed by atoms with Crippen LogP contribution in [0.4, 0.5) is 0 Å². The third kappa shape index (κ3) is 3.62. The first-order valence-corrected chi connectivity index (χ1v) is 12.7. The SMILES string of the molecule is O=C1/C(=C/c2cccn2Cc2cccc(Cl)c2)CC[C@@H]2[C@H]3CCCN4CCC[C@H](CN12)[C@@H]34. The first kappa shape index (κ1) is 20.6. The largest absolute Gasteiger partial charge is 0.344 e. The minimum atomic E-state index is 0.290. The predicted octanol–water partition coefficient (Wildman–Crippen LogP) is 5.07. The Morgan fingerprint density at radius 1 is 1.06 bits per heavy atom. The highest BCUT2D eigenvalue weighted by Gasteiger charge is 2.51. The lowest BCUT2D eigenvalue weighted by Gasteiger charge is -2.58. The van der Waals surface area contributed by atoms with E-state index in [9.17, 15) is 4.79 Å². The van der Waals surface area contributed by atoms with E-state index >= 15 is 0 Å². The lowest BCUT2D eigenvalue weighted by Crippen LogP contribution is -2.66. The maximum Gasteiger partial charge on any atom is 0.250 e. The highest BCUT2D eigenvalue weighted by atomic mass is 35.5. The summed E-state index contributed by atoms with van der Waals surface area (Å²) in [4.78, 5) is 18.7. The van der Waals surface area contributed by atoms with E-state index < -0.39 is 0 Å². The van der Waals surface area contributed by atoms with E-state index in [2.05, 4.69) is 44.8 Å². The number of piperidine rings is 4. The second kappa shape index (κ2) is 8.39. The van der Waals surface area contributed by atoms with Crippen LogP contribution in [-0.4, -0.2) is 52.0 Å². The normalized spacial score (nSPS) is 31.5. The molecular weight excluding hydrogens is 418 g/mol. The molecular formula is C27H32ClN3O. The van der Waals surface area contributed by atoms with Crippen molar-refractivity contribution in [1.82, 2.24) is 14.4 Å². The number of halogens is 1. The molecule has 0 N–H and O–H groups in total. The summed E-state index contributed by atoms with van der Waals surface area (Å²) in [6.45, 7) is 4.26. The number of amides is 1. The monoisotopic (exact) mass is 449 g/mol. The highest BCUT2D eigenvalue weighted by Crippen LogP contribution is 2.45. The first-order chi connectivity index (χ1) is 15.7. The summed E-state index contributed by atoms with van der Waals surface area (Å²) >= 11 is 6.18. The Hall–Kier alpha value is -2.04. The number of hydrogen-bond donors (Lipinski definition) is 0. The molecule has 0 bridgehead atoms. The summed E-state index contributed by atoms with van der Waals surface area (Å²) in [7, 11) is 0. The van der Waals surface area contributed by atoms with Crippen molar-refractivity contribution in [3.8, 4) is 0 Å². The van der Waals surface area contributed by atoms with Crippen molar-refractivity contribution in [2.75, 3.05) is 19.6 Å². The van der Waals surface area contributed by atoms with Crippen molar-refractivity contribution in [2.45, 2.75) is 57.2 Å². The van der Waals surface area contributed by atoms with Gasteiger partial charge in [-0.25, -0.2) is 0 Å². The van der Waals surface area contributed by atoms with E-state index in [1.807, 2.05) is 18.2 Å². The van der Waals surface area contributed by atoms with Gasteiger partial charge in [-0.15, -0.1) is 0 Å². The van der Waals surface area contributed by atoms with Gasteiger partial charge in [-0.2, -0.15) is 0 Å². The molecule has 4 nitrogen and oxygen atoms in total. The molecule has 2 aromatic rings. The molecule has 0 aliphatic carbocycles. The summed E-state index contributed by atoms with van der Waals surface area (Å²) < 4.78 is 2.21. The molecule has 0 radical (unpaired) electrons. The van der Waals surface area contributed by atoms with E-state index in [4.69, 9.17) is 11.6 Å². The van der Waals surface area contributed by atoms with Gasteiger partial charge < -0.3 is 9.47 Å². The number of carbonyl (C=O) groups excluding carboxylic acids is 1. The molecule has 0 spiro atoms. The van der Waals surface area contributed by atoms with Gasteiger partial charge in [0.25, 0.3) is 0 Å². The molecule has 4 atom stereocenters. The smallest absolute Gasteiger partial charge is 0.250 e. The summed E-state index contributed by atoms with van der Waals surface area (Å²) in [5.41, 5.74) is 3.25. The molecule has 6 rings (SSSR count). The van der Waals surface area contributed by atoms with Crippen LogP contribution >= 0.6 is 11.6 Å². The molecule has 1 amide bonds. The number of benzene rings is 1. The Labute approximate surface area is 195 Å². The molecule has 0 saturated carbocycles. The van der Waals surface area contributed by atoms with Crippen LogP contribution in [0.3, 0.4) is 0 Å². The Kier molecular flexibility index (Phi) is 5.39. The molecule has 0 unspecified atom stereocenters. The molecule has 4 saturated heterocycles. The second-order valence-corrected chi connectivity index (χ2v) is 10.6. The van der Waals surface area contributed by atoms with Crippen molar-refractivity contribution in [3.05, 3.63) is 64.4 Å². The maximum atomic E-state index is 13.7. The van der Waals surface area contributed by atoms with E-state index in [0.29, 0.717) is 17.9 Å². The van der Waals surface area contributed by atoms with Gasteiger partial charge in [0.05, 0.1) is 0 Å². The molecule has 1 aromatic heterocycles. The number of nitrogens with zero attached hydrogens (tertiary/aromatic N) is 3. The van der Waals surface area contributed by atoms with Crippen LogP contribution < -0.4 is 0 Å². The van der Waals surface area contributed by atoms with Gasteiger partial charge in [0.2, 0.25) is 5.91 Å². The molecule has 5 heterocycles. The fraction of sp³-hybridized carbons (Fsp3) is 0.519. The summed E-state index contributed by atoms with van der Waals surface area (Å²) in [5, 5.41) is 0.760. The lowest BCUT2D eigenvalue weighted by molar-refractivity contribution is -0.145. The number of aromatic nitrogens is 1. The van der Waals surface area contributed by atoms with E-state index in [0.717, 1.165) is 48.3 Å². The topological polar surface area (TPSA) is 28.5 Å². The Morgan fingerprint density at radius 3 is 2.81 bits per heavy atom. The van der Waals surface area contributed by atoms with Gasteiger partial charge in [0, 0.05) is 47.7 Å². The van der Waals surface area contributed by atoms with Gasteiger partial charge in [0.15, 0.2) is 0 Å². The third-order valence-corrected chi connectivity index (χ3v) is 8.58. The van der Waals surface area contributed by atoms with Crippen molar-refractivity contribution in [3.63, 3.8) is 0 Å². The number of fused-ring (bicyclic) bond motifs is 2. The van der Waals surface area contributed by atoms with Crippen LogP contribution in [0.1, 0.15) is 49.8 Å². The lowest BCUT2D eigenvalue weighted by atomic mass is 9.67. The second-order valence-electron chi connectivity index (χ2n) is 10.2. The molecule has 168 valence electrons. The van der Waals surface area contributed by atoms with E-state index in [1.165, 1.54) is 44.3 Å². The van der Waals surface area contributed by atoms with Gasteiger partial charge in [-0.1, -0.05) is 23.7 Å². The minimum absolute atomic E-state index is 0.290. The summed E-state index contributed by atoms with van der Waals surface area (Å²) in [5.74, 6) is 1.64. The van der Waals surface area contributed by atoms with Crippen LogP contribution in [0, 0.1) is 11.8 Å². The molecule has 1 aromatic carbocycles. The van der Waals surface area contributed by atoms with Crippen molar-refractivity contribution < 1.29 is 4.79 Å². The molecule has 4 aliphatic heterocycles. The number of hydrogen-bond acceptors (Lipinski definition) is 2. The minimum Gasteiger partial charge on any atom is -0.344 e. The van der Waals surface area contributed by atoms with Crippen LogP contribution in [-0.2, 0) is 11.3 Å². The zero-order valence-corrected chi connectivity index (χ0v) is 19.4. The predicted molar refractivity (Wildman–Crippen MR) is 129 cm³/mol. The Bertz CT molecular complexity index is 1040. The molecule has 5 heteroatoms. The van der Waals surface area contributed by atoms with Crippen molar-refractivity contribution >= 4 is 23.6 Å². The fourth-order valence-corrected chi connectivity index (χ4v) is 7.25. The third-order valence-electron chi connectivity index (χ3n) is 8.35. The van der Waals surface area contributed by atoms with E-state index in [-0.39, 0.29) is 5.91 Å².